The molecule has 0 radical (unpaired) electrons. The molecule has 6 heteroatoms. The van der Waals surface area contributed by atoms with Crippen LogP contribution in [0.15, 0.2) is 46.9 Å². The van der Waals surface area contributed by atoms with Crippen molar-refractivity contribution in [3.05, 3.63) is 42.0 Å². The molecule has 26 heavy (non-hydrogen) atoms. The molecule has 0 aromatic heterocycles. The summed E-state index contributed by atoms with van der Waals surface area (Å²) in [5.74, 6) is -0.0112. The number of nitrogens with zero attached hydrogens (tertiary/aromatic N) is 1. The molecule has 0 spiro atoms. The summed E-state index contributed by atoms with van der Waals surface area (Å²) in [4.78, 5) is 12.8. The number of hydrogen-bond donors (Lipinski definition) is 1. The minimum Gasteiger partial charge on any atom is -0.293 e. The van der Waals surface area contributed by atoms with E-state index in [1.165, 1.54) is 0 Å². The van der Waals surface area contributed by atoms with Crippen LogP contribution in [0.1, 0.15) is 40.0 Å². The lowest BCUT2D eigenvalue weighted by molar-refractivity contribution is -0.131. The number of sulfonamides is 1. The predicted molar refractivity (Wildman–Crippen MR) is 98.5 cm³/mol. The number of ketones is 1. The zero-order chi connectivity index (χ0) is 19.2. The van der Waals surface area contributed by atoms with Gasteiger partial charge in [-0.3, -0.25) is 4.79 Å². The number of rotatable bonds is 3. The van der Waals surface area contributed by atoms with Gasteiger partial charge in [-0.15, -0.1) is 0 Å². The van der Waals surface area contributed by atoms with Gasteiger partial charge in [-0.2, -0.15) is 5.26 Å². The van der Waals surface area contributed by atoms with Gasteiger partial charge in [0.25, 0.3) is 0 Å². The van der Waals surface area contributed by atoms with Gasteiger partial charge >= 0.3 is 0 Å². The lowest BCUT2D eigenvalue weighted by Crippen LogP contribution is -2.53. The van der Waals surface area contributed by atoms with Crippen molar-refractivity contribution in [2.75, 3.05) is 0 Å². The fourth-order valence-corrected chi connectivity index (χ4v) is 6.08. The van der Waals surface area contributed by atoms with Gasteiger partial charge in [-0.25, -0.2) is 13.1 Å². The van der Waals surface area contributed by atoms with Crippen LogP contribution in [-0.4, -0.2) is 20.2 Å². The number of benzene rings is 1. The first-order chi connectivity index (χ1) is 12.1. The summed E-state index contributed by atoms with van der Waals surface area (Å²) in [6.45, 7) is 5.83. The third kappa shape index (κ3) is 3.10. The van der Waals surface area contributed by atoms with Gasteiger partial charge in [0, 0.05) is 11.5 Å². The fraction of sp³-hybridized carbons (Fsp3) is 0.500. The smallest absolute Gasteiger partial charge is 0.240 e. The average molecular weight is 372 g/mol. The summed E-state index contributed by atoms with van der Waals surface area (Å²) in [5, 5.41) is 9.35. The molecule has 0 amide bonds. The SMILES string of the molecule is CC1(C)C(=O)C(C#N)=C[C@]2(C)C[C@@H](NS(=O)(=O)c3ccccc3)CC[C@@H]12. The average Bonchev–Trinajstić information content (AvgIpc) is 2.58. The second-order valence-electron chi connectivity index (χ2n) is 8.19. The van der Waals surface area contributed by atoms with Crippen molar-refractivity contribution in [1.29, 1.82) is 5.26 Å². The minimum absolute atomic E-state index is 0.0945. The van der Waals surface area contributed by atoms with E-state index in [1.54, 1.807) is 36.4 Å². The normalized spacial score (nSPS) is 30.8. The molecule has 3 rings (SSSR count). The van der Waals surface area contributed by atoms with Crippen LogP contribution < -0.4 is 4.72 Å². The highest BCUT2D eigenvalue weighted by atomic mass is 32.2. The highest BCUT2D eigenvalue weighted by Gasteiger charge is 2.53. The van der Waals surface area contributed by atoms with E-state index in [-0.39, 0.29) is 33.6 Å². The minimum atomic E-state index is -3.59. The first-order valence-corrected chi connectivity index (χ1v) is 10.3. The van der Waals surface area contributed by atoms with Crippen LogP contribution in [0.3, 0.4) is 0 Å². The van der Waals surface area contributed by atoms with Crippen molar-refractivity contribution in [3.63, 3.8) is 0 Å². The lowest BCUT2D eigenvalue weighted by Gasteiger charge is -2.52. The van der Waals surface area contributed by atoms with Crippen LogP contribution in [0.5, 0.6) is 0 Å². The molecule has 3 atom stereocenters. The summed E-state index contributed by atoms with van der Waals surface area (Å²) in [5.41, 5.74) is -0.803. The zero-order valence-corrected chi connectivity index (χ0v) is 16.1. The molecule has 5 nitrogen and oxygen atoms in total. The molecular formula is C20H24N2O3S. The quantitative estimate of drug-likeness (QED) is 0.883. The third-order valence-electron chi connectivity index (χ3n) is 5.96. The van der Waals surface area contributed by atoms with Crippen LogP contribution in [0.4, 0.5) is 0 Å². The molecule has 0 bridgehead atoms. The number of Topliss-reactive ketones (excluding diaryl/α,β-unsaturated/α-hetero) is 1. The molecule has 0 unspecified atom stereocenters. The summed E-state index contributed by atoms with van der Waals surface area (Å²) < 4.78 is 28.1. The standard InChI is InChI=1S/C20H24N2O3S/c1-19(2)17-10-9-15(12-20(17,3)11-14(13-21)18(19)23)22-26(24,25)16-7-5-4-6-8-16/h4-8,11,15,17,22H,9-10,12H2,1-3H3/t15-,17-,20+/m0/s1. The van der Waals surface area contributed by atoms with Gasteiger partial charge in [-0.1, -0.05) is 45.0 Å². The topological polar surface area (TPSA) is 87.0 Å². The monoisotopic (exact) mass is 372 g/mol. The maximum atomic E-state index is 12.6. The molecule has 1 aromatic carbocycles. The second kappa shape index (κ2) is 6.33. The van der Waals surface area contributed by atoms with Crippen LogP contribution in [0.25, 0.3) is 0 Å². The number of carbonyl (C=O) groups is 1. The highest BCUT2D eigenvalue weighted by Crippen LogP contribution is 2.55. The maximum absolute atomic E-state index is 12.6. The van der Waals surface area contributed by atoms with E-state index in [2.05, 4.69) is 4.72 Å². The second-order valence-corrected chi connectivity index (χ2v) is 9.91. The van der Waals surface area contributed by atoms with Gasteiger partial charge in [0.1, 0.15) is 6.07 Å². The van der Waals surface area contributed by atoms with Crippen molar-refractivity contribution < 1.29 is 13.2 Å². The summed E-state index contributed by atoms with van der Waals surface area (Å²) >= 11 is 0. The number of nitriles is 1. The van der Waals surface area contributed by atoms with Gasteiger partial charge in [-0.05, 0) is 42.7 Å². The summed E-state index contributed by atoms with van der Waals surface area (Å²) in [7, 11) is -3.59. The molecule has 138 valence electrons. The van der Waals surface area contributed by atoms with E-state index in [4.69, 9.17) is 0 Å². The highest BCUT2D eigenvalue weighted by molar-refractivity contribution is 7.89. The molecule has 1 aromatic rings. The first kappa shape index (κ1) is 18.8. The van der Waals surface area contributed by atoms with E-state index in [1.807, 2.05) is 26.8 Å². The van der Waals surface area contributed by atoms with Gasteiger partial charge in [0.2, 0.25) is 10.0 Å². The number of nitrogens with one attached hydrogen (secondary N) is 1. The lowest BCUT2D eigenvalue weighted by atomic mass is 9.52. The summed E-state index contributed by atoms with van der Waals surface area (Å²) in [6, 6.07) is 10.1. The van der Waals surface area contributed by atoms with E-state index < -0.39 is 15.4 Å². The van der Waals surface area contributed by atoms with Crippen LogP contribution in [0, 0.1) is 28.1 Å². The van der Waals surface area contributed by atoms with Crippen molar-refractivity contribution in [3.8, 4) is 6.07 Å². The number of allylic oxidation sites excluding steroid dienone is 2. The van der Waals surface area contributed by atoms with E-state index in [9.17, 15) is 18.5 Å². The molecule has 2 aliphatic rings. The van der Waals surface area contributed by atoms with Crippen LogP contribution in [-0.2, 0) is 14.8 Å². The van der Waals surface area contributed by atoms with E-state index >= 15 is 0 Å². The Labute approximate surface area is 155 Å². The molecule has 0 saturated heterocycles. The Morgan fingerprint density at radius 2 is 1.81 bits per heavy atom. The van der Waals surface area contributed by atoms with Crippen molar-refractivity contribution in [2.45, 2.75) is 51.0 Å². The predicted octanol–water partition coefficient (Wildman–Crippen LogP) is 3.20. The Balaban J connectivity index is 1.88. The van der Waals surface area contributed by atoms with E-state index in [0.29, 0.717) is 12.8 Å². The Morgan fingerprint density at radius 3 is 2.42 bits per heavy atom. The van der Waals surface area contributed by atoms with Gasteiger partial charge in [0.05, 0.1) is 10.5 Å². The van der Waals surface area contributed by atoms with Crippen LogP contribution in [0.2, 0.25) is 0 Å². The summed E-state index contributed by atoms with van der Waals surface area (Å²) in [6.07, 6.45) is 3.77. The third-order valence-corrected chi connectivity index (χ3v) is 7.49. The largest absolute Gasteiger partial charge is 0.293 e. The van der Waals surface area contributed by atoms with E-state index in [0.717, 1.165) is 6.42 Å². The van der Waals surface area contributed by atoms with Gasteiger partial charge in [0.15, 0.2) is 5.78 Å². The van der Waals surface area contributed by atoms with Crippen molar-refractivity contribution in [1.82, 2.24) is 4.72 Å². The number of carbonyl (C=O) groups excluding carboxylic acids is 1. The molecule has 0 heterocycles. The molecule has 1 fully saturated rings. The molecule has 1 saturated carbocycles. The number of hydrogen-bond acceptors (Lipinski definition) is 4. The first-order valence-electron chi connectivity index (χ1n) is 8.85. The number of fused-ring (bicyclic) bond motifs is 1. The maximum Gasteiger partial charge on any atom is 0.240 e. The molecule has 2 aliphatic carbocycles. The Bertz CT molecular complexity index is 897. The molecule has 1 N–H and O–H groups in total. The Morgan fingerprint density at radius 1 is 1.15 bits per heavy atom. The van der Waals surface area contributed by atoms with Crippen molar-refractivity contribution >= 4 is 15.8 Å². The Hall–Kier alpha value is -1.97. The molecule has 0 aliphatic heterocycles. The molecular weight excluding hydrogens is 348 g/mol. The Kier molecular flexibility index (Phi) is 4.58. The fourth-order valence-electron chi connectivity index (χ4n) is 4.79. The van der Waals surface area contributed by atoms with Crippen molar-refractivity contribution in [2.24, 2.45) is 16.7 Å². The zero-order valence-electron chi connectivity index (χ0n) is 15.3. The van der Waals surface area contributed by atoms with Gasteiger partial charge < -0.3 is 0 Å². The van der Waals surface area contributed by atoms with Crippen LogP contribution >= 0.6 is 0 Å².